The summed E-state index contributed by atoms with van der Waals surface area (Å²) in [6, 6.07) is 17.1. The zero-order valence-electron chi connectivity index (χ0n) is 8.18. The number of hydrogen-bond donors (Lipinski definition) is 1. The first-order valence-electron chi connectivity index (χ1n) is 4.73. The van der Waals surface area contributed by atoms with Crippen molar-refractivity contribution in [2.75, 3.05) is 0 Å². The van der Waals surface area contributed by atoms with Gasteiger partial charge in [-0.05, 0) is 17.2 Å². The van der Waals surface area contributed by atoms with Crippen LogP contribution in [-0.2, 0) is 0 Å². The van der Waals surface area contributed by atoms with Crippen molar-refractivity contribution in [2.24, 2.45) is 5.73 Å². The zero-order valence-corrected chi connectivity index (χ0v) is 8.18. The Morgan fingerprint density at radius 1 is 0.875 bits per heavy atom. The van der Waals surface area contributed by atoms with Gasteiger partial charge in [0.2, 0.25) is 5.91 Å². The van der Waals surface area contributed by atoms with Crippen LogP contribution in [0.5, 0.6) is 0 Å². The van der Waals surface area contributed by atoms with Crippen LogP contribution < -0.4 is 5.73 Å². The van der Waals surface area contributed by atoms with Gasteiger partial charge in [-0.3, -0.25) is 4.79 Å². The van der Waals surface area contributed by atoms with Crippen LogP contribution in [0.15, 0.2) is 54.6 Å². The molecule has 2 N–H and O–H groups in total. The molecule has 0 unspecified atom stereocenters. The molecule has 0 aliphatic carbocycles. The summed E-state index contributed by atoms with van der Waals surface area (Å²) in [7, 11) is 0. The molecule has 0 aliphatic heterocycles. The molecule has 0 radical (unpaired) electrons. The molecule has 0 atom stereocenters. The molecule has 0 aromatic heterocycles. The standard InChI is InChI=1S/C13H11NO.Na.H/c14-13(15)12-9-5-4-8-11(12)10-6-2-1-3-7-10;;/h1-9H,(H2,14,15);;. The number of benzene rings is 2. The summed E-state index contributed by atoms with van der Waals surface area (Å²) in [4.78, 5) is 11.2. The third-order valence-electron chi connectivity index (χ3n) is 2.28. The van der Waals surface area contributed by atoms with Gasteiger partial charge in [0.1, 0.15) is 0 Å². The van der Waals surface area contributed by atoms with Crippen molar-refractivity contribution in [1.29, 1.82) is 0 Å². The Morgan fingerprint density at radius 2 is 1.44 bits per heavy atom. The average molecular weight is 221 g/mol. The summed E-state index contributed by atoms with van der Waals surface area (Å²) >= 11 is 0. The van der Waals surface area contributed by atoms with E-state index in [0.29, 0.717) is 5.56 Å². The van der Waals surface area contributed by atoms with Crippen LogP contribution in [-0.4, -0.2) is 35.5 Å². The summed E-state index contributed by atoms with van der Waals surface area (Å²) in [5, 5.41) is 0. The third-order valence-corrected chi connectivity index (χ3v) is 2.28. The van der Waals surface area contributed by atoms with Gasteiger partial charge in [0.15, 0.2) is 0 Å². The number of nitrogens with two attached hydrogens (primary N) is 1. The maximum absolute atomic E-state index is 11.2. The summed E-state index contributed by atoms with van der Waals surface area (Å²) in [5.41, 5.74) is 7.76. The molecule has 0 saturated heterocycles. The molecule has 0 heterocycles. The number of rotatable bonds is 2. The Kier molecular flexibility index (Phi) is 4.74. The van der Waals surface area contributed by atoms with Crippen molar-refractivity contribution in [3.8, 4) is 11.1 Å². The fraction of sp³-hybridized carbons (Fsp3) is 0. The van der Waals surface area contributed by atoms with Gasteiger partial charge in [0, 0.05) is 5.56 Å². The van der Waals surface area contributed by atoms with E-state index in [1.807, 2.05) is 48.5 Å². The fourth-order valence-electron chi connectivity index (χ4n) is 1.57. The van der Waals surface area contributed by atoms with Crippen LogP contribution in [0.25, 0.3) is 11.1 Å². The molecule has 0 fully saturated rings. The van der Waals surface area contributed by atoms with Crippen molar-refractivity contribution in [3.05, 3.63) is 60.2 Å². The minimum atomic E-state index is -0.394. The van der Waals surface area contributed by atoms with Gasteiger partial charge in [-0.2, -0.15) is 0 Å². The molecule has 2 aromatic carbocycles. The van der Waals surface area contributed by atoms with Gasteiger partial charge < -0.3 is 5.73 Å². The molecule has 2 rings (SSSR count). The van der Waals surface area contributed by atoms with E-state index in [0.717, 1.165) is 11.1 Å². The van der Waals surface area contributed by atoms with Crippen LogP contribution in [0.1, 0.15) is 10.4 Å². The number of carbonyl (C=O) groups excluding carboxylic acids is 1. The molecule has 0 saturated carbocycles. The Morgan fingerprint density at radius 3 is 2.06 bits per heavy atom. The van der Waals surface area contributed by atoms with Crippen LogP contribution >= 0.6 is 0 Å². The first kappa shape index (κ1) is 13.0. The van der Waals surface area contributed by atoms with Crippen molar-refractivity contribution < 1.29 is 4.79 Å². The van der Waals surface area contributed by atoms with Gasteiger partial charge in [-0.1, -0.05) is 48.5 Å². The van der Waals surface area contributed by atoms with E-state index in [1.54, 1.807) is 6.07 Å². The Labute approximate surface area is 117 Å². The molecule has 2 nitrogen and oxygen atoms in total. The van der Waals surface area contributed by atoms with E-state index >= 15 is 0 Å². The van der Waals surface area contributed by atoms with E-state index in [4.69, 9.17) is 5.73 Å². The van der Waals surface area contributed by atoms with Crippen molar-refractivity contribution in [1.82, 2.24) is 0 Å². The summed E-state index contributed by atoms with van der Waals surface area (Å²) < 4.78 is 0. The molecule has 0 bridgehead atoms. The summed E-state index contributed by atoms with van der Waals surface area (Å²) in [5.74, 6) is -0.394. The number of amides is 1. The van der Waals surface area contributed by atoms with E-state index in [9.17, 15) is 4.79 Å². The first-order chi connectivity index (χ1) is 7.29. The zero-order chi connectivity index (χ0) is 10.7. The Hall–Kier alpha value is -1.09. The molecule has 16 heavy (non-hydrogen) atoms. The quantitative estimate of drug-likeness (QED) is 0.772. The van der Waals surface area contributed by atoms with Gasteiger partial charge in [0.25, 0.3) is 0 Å². The Bertz CT molecular complexity index is 482. The second kappa shape index (κ2) is 5.85. The second-order valence-electron chi connectivity index (χ2n) is 3.28. The molecule has 0 spiro atoms. The topological polar surface area (TPSA) is 43.1 Å². The van der Waals surface area contributed by atoms with E-state index < -0.39 is 5.91 Å². The predicted octanol–water partition coefficient (Wildman–Crippen LogP) is 1.80. The number of primary amides is 1. The Balaban J connectivity index is 0.00000128. The van der Waals surface area contributed by atoms with Gasteiger partial charge in [-0.15, -0.1) is 0 Å². The number of carbonyl (C=O) groups is 1. The average Bonchev–Trinajstić information content (AvgIpc) is 2.30. The van der Waals surface area contributed by atoms with E-state index in [-0.39, 0.29) is 29.6 Å². The molecule has 3 heteroatoms. The first-order valence-corrected chi connectivity index (χ1v) is 4.73. The summed E-state index contributed by atoms with van der Waals surface area (Å²) in [6.07, 6.45) is 0. The van der Waals surface area contributed by atoms with Crippen LogP contribution in [0.3, 0.4) is 0 Å². The van der Waals surface area contributed by atoms with Crippen LogP contribution in [0.4, 0.5) is 0 Å². The van der Waals surface area contributed by atoms with E-state index in [1.165, 1.54) is 0 Å². The molecular weight excluding hydrogens is 209 g/mol. The van der Waals surface area contributed by atoms with Gasteiger partial charge in [0.05, 0.1) is 0 Å². The van der Waals surface area contributed by atoms with Gasteiger partial charge in [-0.25, -0.2) is 0 Å². The predicted molar refractivity (Wildman–Crippen MR) is 67.5 cm³/mol. The second-order valence-corrected chi connectivity index (χ2v) is 3.28. The number of hydrogen-bond acceptors (Lipinski definition) is 1. The molecule has 1 amide bonds. The molecule has 0 aliphatic rings. The molecular formula is C13H12NNaO. The van der Waals surface area contributed by atoms with Gasteiger partial charge >= 0.3 is 29.6 Å². The van der Waals surface area contributed by atoms with Crippen molar-refractivity contribution >= 4 is 35.5 Å². The SMILES string of the molecule is NC(=O)c1ccccc1-c1ccccc1.[NaH]. The normalized spacial score (nSPS) is 9.25. The monoisotopic (exact) mass is 221 g/mol. The van der Waals surface area contributed by atoms with Crippen LogP contribution in [0, 0.1) is 0 Å². The summed E-state index contributed by atoms with van der Waals surface area (Å²) in [6.45, 7) is 0. The van der Waals surface area contributed by atoms with Crippen molar-refractivity contribution in [2.45, 2.75) is 0 Å². The van der Waals surface area contributed by atoms with Crippen LogP contribution in [0.2, 0.25) is 0 Å². The maximum atomic E-state index is 11.2. The molecule has 2 aromatic rings. The minimum absolute atomic E-state index is 0. The molecule has 76 valence electrons. The third kappa shape index (κ3) is 2.73. The fourth-order valence-corrected chi connectivity index (χ4v) is 1.57. The van der Waals surface area contributed by atoms with E-state index in [2.05, 4.69) is 0 Å². The van der Waals surface area contributed by atoms with Crippen molar-refractivity contribution in [3.63, 3.8) is 0 Å².